The molecule has 0 unspecified atom stereocenters. The van der Waals surface area contributed by atoms with Crippen molar-refractivity contribution in [1.82, 2.24) is 4.90 Å². The van der Waals surface area contributed by atoms with Crippen molar-refractivity contribution >= 4 is 5.91 Å². The fourth-order valence-electron chi connectivity index (χ4n) is 1.92. The van der Waals surface area contributed by atoms with Crippen LogP contribution in [-0.4, -0.2) is 37.1 Å². The minimum atomic E-state index is -0.462. The topological polar surface area (TPSA) is 38.8 Å². The van der Waals surface area contributed by atoms with Crippen LogP contribution in [0.3, 0.4) is 0 Å². The molecule has 0 saturated carbocycles. The lowest BCUT2D eigenvalue weighted by atomic mass is 10.2. The predicted octanol–water partition coefficient (Wildman–Crippen LogP) is 2.72. The first kappa shape index (κ1) is 15.3. The maximum absolute atomic E-state index is 12.3. The maximum Gasteiger partial charge on any atom is 0.263 e. The molecule has 4 heteroatoms. The molecule has 0 fully saturated rings. The third-order valence-electron chi connectivity index (χ3n) is 3.06. The van der Waals surface area contributed by atoms with Crippen LogP contribution in [0.4, 0.5) is 0 Å². The highest BCUT2D eigenvalue weighted by atomic mass is 16.5. The van der Waals surface area contributed by atoms with Gasteiger partial charge >= 0.3 is 0 Å². The van der Waals surface area contributed by atoms with Gasteiger partial charge in [-0.2, -0.15) is 0 Å². The van der Waals surface area contributed by atoms with E-state index in [4.69, 9.17) is 9.47 Å². The van der Waals surface area contributed by atoms with E-state index < -0.39 is 6.10 Å². The quantitative estimate of drug-likeness (QED) is 0.761. The number of ether oxygens (including phenoxy) is 2. The number of amides is 1. The molecule has 19 heavy (non-hydrogen) atoms. The normalized spacial score (nSPS) is 11.8. The van der Waals surface area contributed by atoms with Gasteiger partial charge in [-0.05, 0) is 32.4 Å². The molecule has 0 aliphatic rings. The molecular formula is C15H23NO3. The van der Waals surface area contributed by atoms with Crippen LogP contribution in [0.2, 0.25) is 0 Å². The monoisotopic (exact) mass is 265 g/mol. The summed E-state index contributed by atoms with van der Waals surface area (Å²) in [6.45, 7) is 7.28. The molecule has 1 atom stereocenters. The zero-order valence-electron chi connectivity index (χ0n) is 12.2. The lowest BCUT2D eigenvalue weighted by Crippen LogP contribution is -2.41. The van der Waals surface area contributed by atoms with Crippen LogP contribution >= 0.6 is 0 Å². The second-order valence-electron chi connectivity index (χ2n) is 4.18. The molecule has 106 valence electrons. The Morgan fingerprint density at radius 1 is 1.16 bits per heavy atom. The number of likely N-dealkylation sites (N-methyl/N-ethyl adjacent to an activating group) is 1. The molecule has 1 aromatic carbocycles. The van der Waals surface area contributed by atoms with Gasteiger partial charge in [0.1, 0.15) is 0 Å². The number of rotatable bonds is 7. The van der Waals surface area contributed by atoms with E-state index in [1.807, 2.05) is 45.0 Å². The van der Waals surface area contributed by atoms with E-state index >= 15 is 0 Å². The Morgan fingerprint density at radius 2 is 1.74 bits per heavy atom. The molecular weight excluding hydrogens is 242 g/mol. The van der Waals surface area contributed by atoms with Gasteiger partial charge in [-0.15, -0.1) is 0 Å². The lowest BCUT2D eigenvalue weighted by Gasteiger charge is -2.25. The Bertz CT molecular complexity index is 402. The summed E-state index contributed by atoms with van der Waals surface area (Å²) in [6.07, 6.45) is 0.170. The number of carbonyl (C=O) groups is 1. The second kappa shape index (κ2) is 7.67. The Labute approximate surface area is 115 Å². The predicted molar refractivity (Wildman–Crippen MR) is 75.6 cm³/mol. The number of hydrogen-bond acceptors (Lipinski definition) is 3. The molecule has 0 heterocycles. The summed E-state index contributed by atoms with van der Waals surface area (Å²) < 4.78 is 11.0. The van der Waals surface area contributed by atoms with Gasteiger partial charge in [0.05, 0.1) is 7.11 Å². The lowest BCUT2D eigenvalue weighted by molar-refractivity contribution is -0.138. The highest BCUT2D eigenvalue weighted by Gasteiger charge is 2.23. The van der Waals surface area contributed by atoms with E-state index in [0.29, 0.717) is 31.0 Å². The van der Waals surface area contributed by atoms with Gasteiger partial charge in [-0.1, -0.05) is 19.1 Å². The van der Waals surface area contributed by atoms with E-state index in [1.165, 1.54) is 0 Å². The maximum atomic E-state index is 12.3. The first-order chi connectivity index (χ1) is 9.17. The van der Waals surface area contributed by atoms with E-state index in [2.05, 4.69) is 0 Å². The molecule has 0 aliphatic carbocycles. The SMILES string of the molecule is CC[C@@H](Oc1ccccc1OC)C(=O)N(CC)CC. The van der Waals surface area contributed by atoms with Crippen LogP contribution < -0.4 is 9.47 Å². The van der Waals surface area contributed by atoms with Crippen LogP contribution in [0.25, 0.3) is 0 Å². The van der Waals surface area contributed by atoms with Gasteiger partial charge in [0.2, 0.25) is 0 Å². The van der Waals surface area contributed by atoms with Gasteiger partial charge in [-0.3, -0.25) is 4.79 Å². The van der Waals surface area contributed by atoms with Gasteiger partial charge in [0, 0.05) is 13.1 Å². The van der Waals surface area contributed by atoms with E-state index in [1.54, 1.807) is 12.0 Å². The van der Waals surface area contributed by atoms with Crippen molar-refractivity contribution in [3.63, 3.8) is 0 Å². The molecule has 1 rings (SSSR count). The molecule has 1 amide bonds. The second-order valence-corrected chi connectivity index (χ2v) is 4.18. The molecule has 1 aromatic rings. The van der Waals surface area contributed by atoms with Gasteiger partial charge in [-0.25, -0.2) is 0 Å². The summed E-state index contributed by atoms with van der Waals surface area (Å²) >= 11 is 0. The van der Waals surface area contributed by atoms with Crippen LogP contribution in [0.5, 0.6) is 11.5 Å². The molecule has 0 aliphatic heterocycles. The fraction of sp³-hybridized carbons (Fsp3) is 0.533. The van der Waals surface area contributed by atoms with Crippen molar-refractivity contribution in [2.45, 2.75) is 33.3 Å². The summed E-state index contributed by atoms with van der Waals surface area (Å²) in [5.41, 5.74) is 0. The minimum absolute atomic E-state index is 0.0263. The highest BCUT2D eigenvalue weighted by molar-refractivity contribution is 5.81. The van der Waals surface area contributed by atoms with Crippen LogP contribution in [0.15, 0.2) is 24.3 Å². The number of hydrogen-bond donors (Lipinski definition) is 0. The number of carbonyl (C=O) groups excluding carboxylic acids is 1. The van der Waals surface area contributed by atoms with Crippen LogP contribution in [0, 0.1) is 0 Å². The zero-order valence-corrected chi connectivity index (χ0v) is 12.2. The Kier molecular flexibility index (Phi) is 6.19. The average Bonchev–Trinajstić information content (AvgIpc) is 2.46. The highest BCUT2D eigenvalue weighted by Crippen LogP contribution is 2.27. The molecule has 4 nitrogen and oxygen atoms in total. The Morgan fingerprint density at radius 3 is 2.21 bits per heavy atom. The van der Waals surface area contributed by atoms with E-state index in [0.717, 1.165) is 0 Å². The number of benzene rings is 1. The van der Waals surface area contributed by atoms with E-state index in [9.17, 15) is 4.79 Å². The molecule has 0 aromatic heterocycles. The molecule has 0 spiro atoms. The number of nitrogens with zero attached hydrogens (tertiary/aromatic N) is 1. The zero-order chi connectivity index (χ0) is 14.3. The number of para-hydroxylation sites is 2. The number of methoxy groups -OCH3 is 1. The average molecular weight is 265 g/mol. The van der Waals surface area contributed by atoms with E-state index in [-0.39, 0.29) is 5.91 Å². The van der Waals surface area contributed by atoms with Crippen molar-refractivity contribution in [3.8, 4) is 11.5 Å². The van der Waals surface area contributed by atoms with Crippen molar-refractivity contribution in [2.75, 3.05) is 20.2 Å². The summed E-state index contributed by atoms with van der Waals surface area (Å²) in [5.74, 6) is 1.28. The standard InChI is InChI=1S/C15H23NO3/c1-5-12(15(17)16(6-2)7-3)19-14-11-9-8-10-13(14)18-4/h8-12H,5-7H2,1-4H3/t12-/m1/s1. The summed E-state index contributed by atoms with van der Waals surface area (Å²) in [6, 6.07) is 7.38. The van der Waals surface area contributed by atoms with Crippen molar-refractivity contribution in [3.05, 3.63) is 24.3 Å². The minimum Gasteiger partial charge on any atom is -0.493 e. The molecule has 0 radical (unpaired) electrons. The first-order valence-corrected chi connectivity index (χ1v) is 6.76. The summed E-state index contributed by atoms with van der Waals surface area (Å²) in [4.78, 5) is 14.1. The first-order valence-electron chi connectivity index (χ1n) is 6.76. The molecule has 0 saturated heterocycles. The Hall–Kier alpha value is -1.71. The largest absolute Gasteiger partial charge is 0.493 e. The van der Waals surface area contributed by atoms with Gasteiger partial charge in [0.15, 0.2) is 17.6 Å². The van der Waals surface area contributed by atoms with Crippen LogP contribution in [-0.2, 0) is 4.79 Å². The van der Waals surface area contributed by atoms with Gasteiger partial charge in [0.25, 0.3) is 5.91 Å². The third kappa shape index (κ3) is 3.88. The van der Waals surface area contributed by atoms with Crippen molar-refractivity contribution < 1.29 is 14.3 Å². The third-order valence-corrected chi connectivity index (χ3v) is 3.06. The van der Waals surface area contributed by atoms with Crippen molar-refractivity contribution in [1.29, 1.82) is 0 Å². The van der Waals surface area contributed by atoms with Crippen LogP contribution in [0.1, 0.15) is 27.2 Å². The Balaban J connectivity index is 2.84. The fourth-order valence-corrected chi connectivity index (χ4v) is 1.92. The summed E-state index contributed by atoms with van der Waals surface area (Å²) in [7, 11) is 1.59. The van der Waals surface area contributed by atoms with Gasteiger partial charge < -0.3 is 14.4 Å². The molecule has 0 bridgehead atoms. The summed E-state index contributed by atoms with van der Waals surface area (Å²) in [5, 5.41) is 0. The molecule has 0 N–H and O–H groups in total. The van der Waals surface area contributed by atoms with Crippen molar-refractivity contribution in [2.24, 2.45) is 0 Å². The smallest absolute Gasteiger partial charge is 0.263 e.